The Balaban J connectivity index is 2.35. The SMILES string of the molecule is CNC(=O)C1(C)CCN(c2cc(C#N)ccc2[C@@H](C)O)C1. The fourth-order valence-electron chi connectivity index (χ4n) is 2.89. The highest BCUT2D eigenvalue weighted by molar-refractivity contribution is 5.83. The molecule has 0 radical (unpaired) electrons. The Labute approximate surface area is 125 Å². The van der Waals surface area contributed by atoms with Crippen molar-refractivity contribution in [3.63, 3.8) is 0 Å². The molecule has 1 saturated heterocycles. The van der Waals surface area contributed by atoms with Gasteiger partial charge >= 0.3 is 0 Å². The van der Waals surface area contributed by atoms with E-state index in [1.165, 1.54) is 0 Å². The first-order valence-electron chi connectivity index (χ1n) is 7.10. The van der Waals surface area contributed by atoms with E-state index in [1.54, 1.807) is 32.2 Å². The van der Waals surface area contributed by atoms with Gasteiger partial charge in [-0.15, -0.1) is 0 Å². The lowest BCUT2D eigenvalue weighted by Crippen LogP contribution is -2.39. The van der Waals surface area contributed by atoms with Gasteiger partial charge in [-0.3, -0.25) is 4.79 Å². The second-order valence-electron chi connectivity index (χ2n) is 5.87. The number of amides is 1. The van der Waals surface area contributed by atoms with Gasteiger partial charge in [-0.25, -0.2) is 0 Å². The van der Waals surface area contributed by atoms with Crippen molar-refractivity contribution in [3.05, 3.63) is 29.3 Å². The van der Waals surface area contributed by atoms with Crippen LogP contribution in [0, 0.1) is 16.7 Å². The monoisotopic (exact) mass is 287 g/mol. The number of nitrogens with one attached hydrogen (secondary N) is 1. The predicted molar refractivity (Wildman–Crippen MR) is 80.8 cm³/mol. The van der Waals surface area contributed by atoms with Crippen LogP contribution in [0.4, 0.5) is 5.69 Å². The predicted octanol–water partition coefficient (Wildman–Crippen LogP) is 1.57. The molecule has 1 fully saturated rings. The van der Waals surface area contributed by atoms with E-state index in [0.29, 0.717) is 12.1 Å². The molecule has 0 spiro atoms. The summed E-state index contributed by atoms with van der Waals surface area (Å²) in [6, 6.07) is 7.41. The van der Waals surface area contributed by atoms with E-state index in [2.05, 4.69) is 16.3 Å². The van der Waals surface area contributed by atoms with Crippen molar-refractivity contribution in [2.45, 2.75) is 26.4 Å². The highest BCUT2D eigenvalue weighted by atomic mass is 16.3. The lowest BCUT2D eigenvalue weighted by Gasteiger charge is -2.26. The lowest BCUT2D eigenvalue weighted by molar-refractivity contribution is -0.128. The zero-order valence-corrected chi connectivity index (χ0v) is 12.7. The molecule has 1 aliphatic heterocycles. The van der Waals surface area contributed by atoms with Crippen LogP contribution in [0.3, 0.4) is 0 Å². The Morgan fingerprint density at radius 3 is 2.86 bits per heavy atom. The summed E-state index contributed by atoms with van der Waals surface area (Å²) in [5, 5.41) is 21.7. The van der Waals surface area contributed by atoms with Crippen LogP contribution in [-0.2, 0) is 4.79 Å². The topological polar surface area (TPSA) is 76.4 Å². The molecule has 0 bridgehead atoms. The Bertz CT molecular complexity index is 592. The van der Waals surface area contributed by atoms with Crippen LogP contribution < -0.4 is 10.2 Å². The molecule has 5 heteroatoms. The molecule has 112 valence electrons. The van der Waals surface area contributed by atoms with Crippen LogP contribution in [0.25, 0.3) is 0 Å². The van der Waals surface area contributed by atoms with Crippen LogP contribution in [0.1, 0.15) is 37.5 Å². The second kappa shape index (κ2) is 5.74. The first-order chi connectivity index (χ1) is 9.91. The molecule has 1 unspecified atom stereocenters. The molecule has 0 saturated carbocycles. The Morgan fingerprint density at radius 1 is 1.57 bits per heavy atom. The van der Waals surface area contributed by atoms with E-state index < -0.39 is 11.5 Å². The third kappa shape index (κ3) is 2.86. The average Bonchev–Trinajstić information content (AvgIpc) is 2.89. The van der Waals surface area contributed by atoms with E-state index in [4.69, 9.17) is 5.26 Å². The number of carbonyl (C=O) groups is 1. The van der Waals surface area contributed by atoms with Gasteiger partial charge in [-0.2, -0.15) is 5.26 Å². The van der Waals surface area contributed by atoms with Crippen LogP contribution in [0.5, 0.6) is 0 Å². The number of aliphatic hydroxyl groups excluding tert-OH is 1. The van der Waals surface area contributed by atoms with Crippen LogP contribution in [0.2, 0.25) is 0 Å². The zero-order valence-electron chi connectivity index (χ0n) is 12.7. The molecule has 21 heavy (non-hydrogen) atoms. The number of aliphatic hydroxyl groups is 1. The molecule has 1 heterocycles. The van der Waals surface area contributed by atoms with Crippen molar-refractivity contribution in [3.8, 4) is 6.07 Å². The van der Waals surface area contributed by atoms with Crippen molar-refractivity contribution < 1.29 is 9.90 Å². The maximum absolute atomic E-state index is 12.0. The maximum Gasteiger partial charge on any atom is 0.227 e. The largest absolute Gasteiger partial charge is 0.389 e. The molecule has 0 aliphatic carbocycles. The van der Waals surface area contributed by atoms with Gasteiger partial charge in [0.2, 0.25) is 5.91 Å². The Kier molecular flexibility index (Phi) is 4.19. The molecule has 1 aromatic carbocycles. The summed E-state index contributed by atoms with van der Waals surface area (Å²) in [4.78, 5) is 14.1. The third-order valence-corrected chi connectivity index (χ3v) is 4.20. The minimum absolute atomic E-state index is 0.0278. The Hall–Kier alpha value is -2.06. The summed E-state index contributed by atoms with van der Waals surface area (Å²) in [5.41, 5.74) is 1.75. The number of carbonyl (C=O) groups excluding carboxylic acids is 1. The minimum atomic E-state index is -0.611. The number of anilines is 1. The molecule has 2 atom stereocenters. The highest BCUT2D eigenvalue weighted by Gasteiger charge is 2.40. The number of nitrogens with zero attached hydrogens (tertiary/aromatic N) is 2. The molecule has 2 N–H and O–H groups in total. The number of hydrogen-bond donors (Lipinski definition) is 2. The fraction of sp³-hybridized carbons (Fsp3) is 0.500. The number of benzene rings is 1. The summed E-state index contributed by atoms with van der Waals surface area (Å²) < 4.78 is 0. The quantitative estimate of drug-likeness (QED) is 0.885. The van der Waals surface area contributed by atoms with E-state index in [0.717, 1.165) is 24.2 Å². The summed E-state index contributed by atoms with van der Waals surface area (Å²) in [7, 11) is 1.65. The molecule has 1 aromatic rings. The third-order valence-electron chi connectivity index (χ3n) is 4.20. The zero-order chi connectivity index (χ0) is 15.6. The summed E-state index contributed by atoms with van der Waals surface area (Å²) in [6.45, 7) is 4.97. The van der Waals surface area contributed by atoms with E-state index >= 15 is 0 Å². The van der Waals surface area contributed by atoms with E-state index in [-0.39, 0.29) is 5.91 Å². The van der Waals surface area contributed by atoms with Crippen molar-refractivity contribution in [1.82, 2.24) is 5.32 Å². The van der Waals surface area contributed by atoms with Gasteiger partial charge < -0.3 is 15.3 Å². The van der Waals surface area contributed by atoms with Gasteiger partial charge in [0.05, 0.1) is 23.2 Å². The molecule has 0 aromatic heterocycles. The normalized spacial score (nSPS) is 22.7. The smallest absolute Gasteiger partial charge is 0.227 e. The van der Waals surface area contributed by atoms with Gasteiger partial charge in [0.15, 0.2) is 0 Å². The number of rotatable bonds is 3. The van der Waals surface area contributed by atoms with E-state index in [9.17, 15) is 9.90 Å². The summed E-state index contributed by atoms with van der Waals surface area (Å²) in [6.07, 6.45) is 0.141. The van der Waals surface area contributed by atoms with Crippen molar-refractivity contribution in [2.24, 2.45) is 5.41 Å². The first-order valence-corrected chi connectivity index (χ1v) is 7.10. The standard InChI is InChI=1S/C16H21N3O2/c1-11(20)13-5-4-12(9-17)8-14(13)19-7-6-16(2,10-19)15(21)18-3/h4-5,8,11,20H,6-7,10H2,1-3H3,(H,18,21)/t11-,16?/m1/s1. The van der Waals surface area contributed by atoms with Crippen molar-refractivity contribution in [1.29, 1.82) is 5.26 Å². The molecule has 2 rings (SSSR count). The van der Waals surface area contributed by atoms with Gasteiger partial charge in [-0.05, 0) is 32.4 Å². The second-order valence-corrected chi connectivity index (χ2v) is 5.87. The van der Waals surface area contributed by atoms with Crippen molar-refractivity contribution in [2.75, 3.05) is 25.0 Å². The molecule has 1 aliphatic rings. The van der Waals surface area contributed by atoms with Crippen LogP contribution in [-0.4, -0.2) is 31.2 Å². The van der Waals surface area contributed by atoms with Crippen molar-refractivity contribution >= 4 is 11.6 Å². The maximum atomic E-state index is 12.0. The van der Waals surface area contributed by atoms with Gasteiger partial charge in [0.1, 0.15) is 0 Å². The molecule has 1 amide bonds. The number of nitriles is 1. The van der Waals surface area contributed by atoms with Gasteiger partial charge in [0.25, 0.3) is 0 Å². The minimum Gasteiger partial charge on any atom is -0.389 e. The van der Waals surface area contributed by atoms with E-state index in [1.807, 2.05) is 6.92 Å². The molecular formula is C16H21N3O2. The average molecular weight is 287 g/mol. The van der Waals surface area contributed by atoms with Gasteiger partial charge in [0, 0.05) is 31.4 Å². The lowest BCUT2D eigenvalue weighted by atomic mass is 9.89. The number of hydrogen-bond acceptors (Lipinski definition) is 4. The van der Waals surface area contributed by atoms with Gasteiger partial charge in [-0.1, -0.05) is 6.07 Å². The molecular weight excluding hydrogens is 266 g/mol. The van der Waals surface area contributed by atoms with Crippen LogP contribution >= 0.6 is 0 Å². The van der Waals surface area contributed by atoms with Crippen LogP contribution in [0.15, 0.2) is 18.2 Å². The first kappa shape index (κ1) is 15.3. The summed E-state index contributed by atoms with van der Waals surface area (Å²) >= 11 is 0. The highest BCUT2D eigenvalue weighted by Crippen LogP contribution is 2.36. The Morgan fingerprint density at radius 2 is 2.29 bits per heavy atom. The summed E-state index contributed by atoms with van der Waals surface area (Å²) in [5.74, 6) is 0.0278. The fourth-order valence-corrected chi connectivity index (χ4v) is 2.89. The molecule has 5 nitrogen and oxygen atoms in total.